The topological polar surface area (TPSA) is 67.8 Å². The Kier molecular flexibility index (Phi) is 7.23. The molecule has 0 radical (unpaired) electrons. The van der Waals surface area contributed by atoms with Crippen molar-refractivity contribution < 1.29 is 14.3 Å². The van der Waals surface area contributed by atoms with Gasteiger partial charge in [-0.3, -0.25) is 14.7 Å². The Hall–Kier alpha value is -3.45. The van der Waals surface area contributed by atoms with Crippen molar-refractivity contribution in [3.63, 3.8) is 0 Å². The maximum atomic E-state index is 13.6. The number of hydrogen-bond acceptors (Lipinski definition) is 6. The second-order valence-corrected chi connectivity index (χ2v) is 9.27. The quantitative estimate of drug-likeness (QED) is 0.488. The molecule has 1 atom stereocenters. The Labute approximate surface area is 206 Å². The van der Waals surface area contributed by atoms with Crippen LogP contribution in [-0.2, 0) is 6.54 Å². The first-order valence-corrected chi connectivity index (χ1v) is 12.4. The Bertz CT molecular complexity index is 1160. The summed E-state index contributed by atoms with van der Waals surface area (Å²) in [4.78, 5) is 27.1. The second-order valence-electron chi connectivity index (χ2n) is 9.27. The van der Waals surface area contributed by atoms with Gasteiger partial charge in [0.1, 0.15) is 0 Å². The zero-order valence-corrected chi connectivity index (χ0v) is 20.2. The number of aromatic nitrogens is 2. The van der Waals surface area contributed by atoms with Crippen LogP contribution < -0.4 is 9.47 Å². The molecule has 3 aromatic rings. The summed E-state index contributed by atoms with van der Waals surface area (Å²) in [6.45, 7) is 4.45. The number of rotatable bonds is 7. The predicted molar refractivity (Wildman–Crippen MR) is 134 cm³/mol. The maximum absolute atomic E-state index is 13.6. The molecule has 7 heteroatoms. The molecular weight excluding hydrogens is 440 g/mol. The minimum atomic E-state index is 0.110. The van der Waals surface area contributed by atoms with E-state index in [1.807, 2.05) is 47.4 Å². The molecule has 1 aromatic heterocycles. The minimum absolute atomic E-state index is 0.110. The molecule has 0 saturated carbocycles. The summed E-state index contributed by atoms with van der Waals surface area (Å²) in [5.74, 6) is 1.88. The molecule has 3 heterocycles. The number of methoxy groups -OCH3 is 1. The molecule has 2 aromatic carbocycles. The van der Waals surface area contributed by atoms with Gasteiger partial charge in [0, 0.05) is 37.3 Å². The van der Waals surface area contributed by atoms with Gasteiger partial charge in [0.2, 0.25) is 5.88 Å². The number of carbonyl (C=O) groups is 1. The van der Waals surface area contributed by atoms with Crippen molar-refractivity contribution in [1.82, 2.24) is 19.8 Å². The molecule has 182 valence electrons. The van der Waals surface area contributed by atoms with E-state index in [-0.39, 0.29) is 11.8 Å². The smallest absolute Gasteiger partial charge is 0.254 e. The fourth-order valence-corrected chi connectivity index (χ4v) is 5.05. The van der Waals surface area contributed by atoms with E-state index < -0.39 is 0 Å². The number of amides is 1. The highest BCUT2D eigenvalue weighted by molar-refractivity contribution is 5.95. The highest BCUT2D eigenvalue weighted by Crippen LogP contribution is 2.32. The lowest BCUT2D eigenvalue weighted by Gasteiger charge is -2.33. The van der Waals surface area contributed by atoms with Gasteiger partial charge in [-0.15, -0.1) is 0 Å². The van der Waals surface area contributed by atoms with E-state index in [1.54, 1.807) is 19.5 Å². The zero-order chi connectivity index (χ0) is 24.0. The van der Waals surface area contributed by atoms with Crippen LogP contribution in [0.25, 0.3) is 0 Å². The van der Waals surface area contributed by atoms with E-state index in [0.717, 1.165) is 55.8 Å². The van der Waals surface area contributed by atoms with E-state index in [2.05, 4.69) is 16.0 Å². The Balaban J connectivity index is 1.30. The summed E-state index contributed by atoms with van der Waals surface area (Å²) in [6, 6.07) is 15.5. The molecule has 1 amide bonds. The SMILES string of the molecule is COc1ccccc1Oc1cncc([C@H]2CCCN(C(=O)c3ccccc3CN3CCCC3)C2)n1. The highest BCUT2D eigenvalue weighted by Gasteiger charge is 2.28. The monoisotopic (exact) mass is 472 g/mol. The number of likely N-dealkylation sites (tertiary alicyclic amines) is 2. The third kappa shape index (κ3) is 5.46. The molecule has 2 fully saturated rings. The molecule has 0 spiro atoms. The summed E-state index contributed by atoms with van der Waals surface area (Å²) in [5, 5.41) is 0. The van der Waals surface area contributed by atoms with E-state index in [4.69, 9.17) is 14.5 Å². The van der Waals surface area contributed by atoms with Crippen LogP contribution in [0, 0.1) is 0 Å². The number of benzene rings is 2. The predicted octanol–water partition coefficient (Wildman–Crippen LogP) is 4.89. The van der Waals surface area contributed by atoms with Crippen LogP contribution in [0.4, 0.5) is 0 Å². The molecule has 0 bridgehead atoms. The van der Waals surface area contributed by atoms with Gasteiger partial charge < -0.3 is 14.4 Å². The number of carbonyl (C=O) groups excluding carboxylic acids is 1. The van der Waals surface area contributed by atoms with Gasteiger partial charge in [-0.05, 0) is 62.5 Å². The molecule has 0 unspecified atom stereocenters. The molecular formula is C28H32N4O3. The van der Waals surface area contributed by atoms with Crippen molar-refractivity contribution in [2.75, 3.05) is 33.3 Å². The fraction of sp³-hybridized carbons (Fsp3) is 0.393. The fourth-order valence-electron chi connectivity index (χ4n) is 5.05. The van der Waals surface area contributed by atoms with Gasteiger partial charge in [0.05, 0.1) is 19.0 Å². The maximum Gasteiger partial charge on any atom is 0.254 e. The van der Waals surface area contributed by atoms with Crippen molar-refractivity contribution in [2.45, 2.75) is 38.1 Å². The van der Waals surface area contributed by atoms with Gasteiger partial charge in [-0.25, -0.2) is 4.98 Å². The number of piperidine rings is 1. The first-order valence-electron chi connectivity index (χ1n) is 12.4. The third-order valence-electron chi connectivity index (χ3n) is 6.88. The lowest BCUT2D eigenvalue weighted by Crippen LogP contribution is -2.40. The van der Waals surface area contributed by atoms with E-state index >= 15 is 0 Å². The van der Waals surface area contributed by atoms with Crippen LogP contribution >= 0.6 is 0 Å². The lowest BCUT2D eigenvalue weighted by molar-refractivity contribution is 0.0703. The van der Waals surface area contributed by atoms with Crippen LogP contribution in [0.15, 0.2) is 60.9 Å². The van der Waals surface area contributed by atoms with Crippen molar-refractivity contribution in [2.24, 2.45) is 0 Å². The molecule has 2 aliphatic heterocycles. The van der Waals surface area contributed by atoms with Crippen LogP contribution in [0.1, 0.15) is 53.2 Å². The van der Waals surface area contributed by atoms with Crippen molar-refractivity contribution in [3.8, 4) is 17.4 Å². The Morgan fingerprint density at radius 2 is 1.74 bits per heavy atom. The van der Waals surface area contributed by atoms with E-state index in [0.29, 0.717) is 23.9 Å². The lowest BCUT2D eigenvalue weighted by atomic mass is 9.94. The normalized spacial score (nSPS) is 18.4. The molecule has 7 nitrogen and oxygen atoms in total. The van der Waals surface area contributed by atoms with Crippen LogP contribution in [-0.4, -0.2) is 59.0 Å². The summed E-state index contributed by atoms with van der Waals surface area (Å²) in [7, 11) is 1.61. The van der Waals surface area contributed by atoms with Crippen molar-refractivity contribution in [3.05, 3.63) is 77.7 Å². The van der Waals surface area contributed by atoms with Gasteiger partial charge in [0.15, 0.2) is 11.5 Å². The number of para-hydroxylation sites is 2. The molecule has 5 rings (SSSR count). The van der Waals surface area contributed by atoms with Crippen LogP contribution in [0.2, 0.25) is 0 Å². The van der Waals surface area contributed by atoms with Gasteiger partial charge >= 0.3 is 0 Å². The highest BCUT2D eigenvalue weighted by atomic mass is 16.5. The van der Waals surface area contributed by atoms with Gasteiger partial charge in [0.25, 0.3) is 5.91 Å². The second kappa shape index (κ2) is 10.9. The molecule has 0 aliphatic carbocycles. The zero-order valence-electron chi connectivity index (χ0n) is 20.2. The minimum Gasteiger partial charge on any atom is -0.493 e. The van der Waals surface area contributed by atoms with E-state index in [9.17, 15) is 4.79 Å². The van der Waals surface area contributed by atoms with Crippen LogP contribution in [0.3, 0.4) is 0 Å². The van der Waals surface area contributed by atoms with E-state index in [1.165, 1.54) is 12.8 Å². The largest absolute Gasteiger partial charge is 0.493 e. The number of ether oxygens (including phenoxy) is 2. The molecule has 2 saturated heterocycles. The molecule has 35 heavy (non-hydrogen) atoms. The summed E-state index contributed by atoms with van der Waals surface area (Å²) in [6.07, 6.45) is 7.77. The van der Waals surface area contributed by atoms with Gasteiger partial charge in [-0.2, -0.15) is 0 Å². The Morgan fingerprint density at radius 3 is 2.57 bits per heavy atom. The molecule has 0 N–H and O–H groups in total. The van der Waals surface area contributed by atoms with Crippen molar-refractivity contribution in [1.29, 1.82) is 0 Å². The van der Waals surface area contributed by atoms with Crippen molar-refractivity contribution >= 4 is 5.91 Å². The number of nitrogens with zero attached hydrogens (tertiary/aromatic N) is 4. The summed E-state index contributed by atoms with van der Waals surface area (Å²) in [5.41, 5.74) is 2.79. The summed E-state index contributed by atoms with van der Waals surface area (Å²) >= 11 is 0. The number of hydrogen-bond donors (Lipinski definition) is 0. The first-order chi connectivity index (χ1) is 17.2. The average Bonchev–Trinajstić information content (AvgIpc) is 3.42. The third-order valence-corrected chi connectivity index (χ3v) is 6.88. The van der Waals surface area contributed by atoms with Gasteiger partial charge in [-0.1, -0.05) is 30.3 Å². The average molecular weight is 473 g/mol. The Morgan fingerprint density at radius 1 is 0.971 bits per heavy atom. The first kappa shape index (κ1) is 23.3. The summed E-state index contributed by atoms with van der Waals surface area (Å²) < 4.78 is 11.3. The standard InChI is InChI=1S/C28H32N4O3/c1-34-25-12-4-5-13-26(25)35-27-18-29-17-24(30-27)22-10-8-16-32(20-22)28(33)23-11-3-2-9-21(23)19-31-14-6-7-15-31/h2-5,9,11-13,17-18,22H,6-8,10,14-16,19-20H2,1H3/t22-/m0/s1. The van der Waals surface area contributed by atoms with Crippen LogP contribution in [0.5, 0.6) is 17.4 Å². The molecule has 2 aliphatic rings.